The number of thioether (sulfide) groups is 1. The minimum Gasteiger partial charge on any atom is -0.462 e. The highest BCUT2D eigenvalue weighted by Crippen LogP contribution is 2.45. The summed E-state index contributed by atoms with van der Waals surface area (Å²) in [7, 11) is 0. The van der Waals surface area contributed by atoms with Gasteiger partial charge in [-0.1, -0.05) is 48.5 Å². The predicted molar refractivity (Wildman–Crippen MR) is 144 cm³/mol. The van der Waals surface area contributed by atoms with E-state index >= 15 is 0 Å². The molecule has 5 nitrogen and oxygen atoms in total. The highest BCUT2D eigenvalue weighted by molar-refractivity contribution is 8.00. The van der Waals surface area contributed by atoms with Crippen molar-refractivity contribution in [2.24, 2.45) is 0 Å². The first-order valence-corrected chi connectivity index (χ1v) is 13.3. The van der Waals surface area contributed by atoms with Gasteiger partial charge in [0.15, 0.2) is 0 Å². The van der Waals surface area contributed by atoms with Crippen LogP contribution in [0.2, 0.25) is 0 Å². The van der Waals surface area contributed by atoms with E-state index in [1.54, 1.807) is 36.9 Å². The van der Waals surface area contributed by atoms with Crippen molar-refractivity contribution >= 4 is 51.3 Å². The molecule has 0 radical (unpaired) electrons. The van der Waals surface area contributed by atoms with Crippen molar-refractivity contribution < 1.29 is 14.3 Å². The first-order chi connectivity index (χ1) is 17.5. The molecule has 0 fully saturated rings. The Balaban J connectivity index is 1.76. The average molecular weight is 511 g/mol. The number of ketones is 1. The number of fused-ring (bicyclic) bond motifs is 3. The summed E-state index contributed by atoms with van der Waals surface area (Å²) in [6.45, 7) is 3.98. The van der Waals surface area contributed by atoms with E-state index in [-0.39, 0.29) is 12.4 Å². The number of aryl methyl sites for hydroxylation is 1. The monoisotopic (exact) mass is 510 g/mol. The minimum absolute atomic E-state index is 0.131. The van der Waals surface area contributed by atoms with Crippen molar-refractivity contribution in [2.75, 3.05) is 6.61 Å². The molecule has 5 rings (SSSR count). The van der Waals surface area contributed by atoms with Crippen LogP contribution in [0.1, 0.15) is 49.2 Å². The molecule has 0 N–H and O–H groups in total. The van der Waals surface area contributed by atoms with Crippen molar-refractivity contribution in [3.63, 3.8) is 0 Å². The van der Waals surface area contributed by atoms with Gasteiger partial charge < -0.3 is 9.14 Å². The second-order valence-corrected chi connectivity index (χ2v) is 10.5. The Hall–Kier alpha value is -3.86. The first-order valence-electron chi connectivity index (χ1n) is 11.5. The van der Waals surface area contributed by atoms with Crippen LogP contribution in [0.5, 0.6) is 0 Å². The Morgan fingerprint density at radius 3 is 2.58 bits per heavy atom. The Kier molecular flexibility index (Phi) is 6.64. The number of rotatable bonds is 7. The molecule has 0 atom stereocenters. The van der Waals surface area contributed by atoms with E-state index in [1.165, 1.54) is 11.3 Å². The van der Waals surface area contributed by atoms with E-state index in [0.717, 1.165) is 20.9 Å². The quantitative estimate of drug-likeness (QED) is 0.133. The molecule has 0 aliphatic carbocycles. The van der Waals surface area contributed by atoms with Crippen LogP contribution in [0.15, 0.2) is 77.1 Å². The van der Waals surface area contributed by atoms with Crippen LogP contribution >= 0.6 is 23.1 Å². The van der Waals surface area contributed by atoms with Crippen molar-refractivity contribution in [1.29, 1.82) is 5.26 Å². The van der Waals surface area contributed by atoms with Crippen LogP contribution in [-0.2, 0) is 10.5 Å². The lowest BCUT2D eigenvalue weighted by molar-refractivity contribution is 0.0531. The summed E-state index contributed by atoms with van der Waals surface area (Å²) in [4.78, 5) is 27.5. The number of carbonyl (C=O) groups is 2. The number of thiophene rings is 1. The third-order valence-corrected chi connectivity index (χ3v) is 8.41. The largest absolute Gasteiger partial charge is 0.462 e. The summed E-state index contributed by atoms with van der Waals surface area (Å²) in [6.07, 6.45) is 1.94. The van der Waals surface area contributed by atoms with E-state index in [2.05, 4.69) is 6.07 Å². The molecule has 0 bridgehead atoms. The number of pyridine rings is 1. The highest BCUT2D eigenvalue weighted by Gasteiger charge is 2.29. The maximum absolute atomic E-state index is 13.7. The topological polar surface area (TPSA) is 71.6 Å². The lowest BCUT2D eigenvalue weighted by Gasteiger charge is -2.05. The lowest BCUT2D eigenvalue weighted by Crippen LogP contribution is -2.06. The maximum Gasteiger partial charge on any atom is 0.341 e. The van der Waals surface area contributed by atoms with Crippen LogP contribution in [0.3, 0.4) is 0 Å². The molecule has 3 heterocycles. The number of nitrogens with zero attached hydrogens (tertiary/aromatic N) is 2. The third-order valence-electron chi connectivity index (χ3n) is 5.93. The van der Waals surface area contributed by atoms with Gasteiger partial charge in [-0.15, -0.1) is 23.1 Å². The van der Waals surface area contributed by atoms with E-state index in [9.17, 15) is 14.9 Å². The fraction of sp³-hybridized carbons (Fsp3) is 0.138. The van der Waals surface area contributed by atoms with Crippen molar-refractivity contribution in [3.05, 3.63) is 106 Å². The van der Waals surface area contributed by atoms with Crippen LogP contribution < -0.4 is 0 Å². The van der Waals surface area contributed by atoms with Crippen LogP contribution in [0, 0.1) is 18.3 Å². The Morgan fingerprint density at radius 1 is 1.08 bits per heavy atom. The summed E-state index contributed by atoms with van der Waals surface area (Å²) < 4.78 is 8.34. The molecule has 0 saturated carbocycles. The normalized spacial score (nSPS) is 11.0. The van der Waals surface area contributed by atoms with Gasteiger partial charge in [-0.25, -0.2) is 4.79 Å². The lowest BCUT2D eigenvalue weighted by atomic mass is 10.1. The minimum atomic E-state index is -0.443. The molecule has 36 heavy (non-hydrogen) atoms. The van der Waals surface area contributed by atoms with Gasteiger partial charge >= 0.3 is 5.97 Å². The second-order valence-electron chi connectivity index (χ2n) is 8.25. The van der Waals surface area contributed by atoms with Crippen LogP contribution in [0.25, 0.3) is 16.4 Å². The smallest absolute Gasteiger partial charge is 0.341 e. The SMILES string of the molecule is CCOC(=O)c1c2c(C(=O)c3ccccc3)sc(SCc3ccccc3C#N)c2n2ccc(C)cc12. The molecule has 5 aromatic rings. The summed E-state index contributed by atoms with van der Waals surface area (Å²) in [5, 5.41) is 10.1. The fourth-order valence-corrected chi connectivity index (χ4v) is 6.79. The predicted octanol–water partition coefficient (Wildman–Crippen LogP) is 7.03. The standard InChI is InChI=1S/C29H22N2O3S2/c1-3-34-28(33)23-22-15-18(2)13-14-31(22)25-24(23)27(26(32)19-9-5-4-6-10-19)36-29(25)35-17-21-12-8-7-11-20(21)16-30/h4-15H,3,17H2,1-2H3. The van der Waals surface area contributed by atoms with Gasteiger partial charge in [0.25, 0.3) is 0 Å². The number of esters is 1. The molecule has 3 aromatic heterocycles. The molecular formula is C29H22N2O3S2. The Morgan fingerprint density at radius 2 is 1.83 bits per heavy atom. The van der Waals surface area contributed by atoms with Crippen LogP contribution in [0.4, 0.5) is 0 Å². The van der Waals surface area contributed by atoms with Gasteiger partial charge in [-0.3, -0.25) is 4.79 Å². The molecule has 0 saturated heterocycles. The summed E-state index contributed by atoms with van der Waals surface area (Å²) in [5.41, 5.74) is 5.06. The maximum atomic E-state index is 13.7. The summed E-state index contributed by atoms with van der Waals surface area (Å²) in [5.74, 6) is -0.0125. The molecule has 0 spiro atoms. The molecule has 178 valence electrons. The molecule has 0 aliphatic heterocycles. The average Bonchev–Trinajstić information content (AvgIpc) is 3.43. The zero-order chi connectivity index (χ0) is 25.2. The zero-order valence-electron chi connectivity index (χ0n) is 19.8. The van der Waals surface area contributed by atoms with E-state index in [4.69, 9.17) is 4.74 Å². The van der Waals surface area contributed by atoms with Gasteiger partial charge in [0.1, 0.15) is 0 Å². The molecule has 0 amide bonds. The van der Waals surface area contributed by atoms with E-state index < -0.39 is 5.97 Å². The Bertz CT molecular complexity index is 1660. The number of hydrogen-bond acceptors (Lipinski definition) is 6. The molecule has 0 unspecified atom stereocenters. The van der Waals surface area contributed by atoms with Gasteiger partial charge in [0, 0.05) is 22.9 Å². The fourth-order valence-electron chi connectivity index (χ4n) is 4.26. The number of aromatic nitrogens is 1. The number of hydrogen-bond donors (Lipinski definition) is 0. The van der Waals surface area contributed by atoms with Gasteiger partial charge in [0.2, 0.25) is 5.78 Å². The number of ether oxygens (including phenoxy) is 1. The molecular weight excluding hydrogens is 488 g/mol. The summed E-state index contributed by atoms with van der Waals surface area (Å²) in [6, 6.07) is 22.8. The second kappa shape index (κ2) is 10.0. The number of benzene rings is 2. The van der Waals surface area contributed by atoms with Gasteiger partial charge in [0.05, 0.1) is 43.9 Å². The van der Waals surface area contributed by atoms with Crippen molar-refractivity contribution in [1.82, 2.24) is 4.40 Å². The zero-order valence-corrected chi connectivity index (χ0v) is 21.4. The third kappa shape index (κ3) is 4.19. The van der Waals surface area contributed by atoms with Crippen molar-refractivity contribution in [2.45, 2.75) is 23.8 Å². The van der Waals surface area contributed by atoms with E-state index in [1.807, 2.05) is 66.1 Å². The van der Waals surface area contributed by atoms with Crippen LogP contribution in [-0.4, -0.2) is 22.8 Å². The van der Waals surface area contributed by atoms with Gasteiger partial charge in [-0.05, 0) is 43.2 Å². The highest BCUT2D eigenvalue weighted by atomic mass is 32.2. The van der Waals surface area contributed by atoms with Crippen molar-refractivity contribution in [3.8, 4) is 6.07 Å². The number of carbonyl (C=O) groups excluding carboxylic acids is 2. The molecule has 7 heteroatoms. The van der Waals surface area contributed by atoms with Gasteiger partial charge in [-0.2, -0.15) is 5.26 Å². The first kappa shape index (κ1) is 23.9. The van der Waals surface area contributed by atoms with E-state index in [0.29, 0.717) is 38.2 Å². The summed E-state index contributed by atoms with van der Waals surface area (Å²) >= 11 is 2.95. The molecule has 0 aliphatic rings. The Labute approximate surface area is 216 Å². The number of nitriles is 1. The molecule has 2 aromatic carbocycles.